The zero-order chi connectivity index (χ0) is 19.2. The van der Waals surface area contributed by atoms with Crippen LogP contribution in [0.2, 0.25) is 5.02 Å². The summed E-state index contributed by atoms with van der Waals surface area (Å²) in [5.74, 6) is 0.148. The molecular weight excluding hydrogens is 364 g/mol. The molecule has 2 N–H and O–H groups in total. The highest BCUT2D eigenvalue weighted by atomic mass is 35.5. The minimum atomic E-state index is -0.637. The molecule has 2 amide bonds. The first-order chi connectivity index (χ1) is 13.0. The van der Waals surface area contributed by atoms with Crippen molar-refractivity contribution in [3.8, 4) is 5.75 Å². The molecule has 0 radical (unpaired) electrons. The minimum Gasteiger partial charge on any atom is -0.483 e. The van der Waals surface area contributed by atoms with Crippen LogP contribution in [-0.4, -0.2) is 36.4 Å². The lowest BCUT2D eigenvalue weighted by Crippen LogP contribution is -2.41. The highest BCUT2D eigenvalue weighted by Gasteiger charge is 2.23. The van der Waals surface area contributed by atoms with Crippen molar-refractivity contribution in [1.29, 1.82) is 0 Å². The molecule has 0 unspecified atom stereocenters. The summed E-state index contributed by atoms with van der Waals surface area (Å²) in [7, 11) is 0. The van der Waals surface area contributed by atoms with Gasteiger partial charge in [-0.15, -0.1) is 0 Å². The minimum absolute atomic E-state index is 0.0847. The first-order valence-corrected chi connectivity index (χ1v) is 9.44. The van der Waals surface area contributed by atoms with Gasteiger partial charge in [-0.1, -0.05) is 41.9 Å². The van der Waals surface area contributed by atoms with Gasteiger partial charge in [0, 0.05) is 18.1 Å². The zero-order valence-corrected chi connectivity index (χ0v) is 15.8. The van der Waals surface area contributed by atoms with Crippen molar-refractivity contribution in [2.75, 3.05) is 19.7 Å². The number of amides is 2. The summed E-state index contributed by atoms with van der Waals surface area (Å²) in [4.78, 5) is 25.8. The van der Waals surface area contributed by atoms with E-state index in [-0.39, 0.29) is 23.8 Å². The lowest BCUT2D eigenvalue weighted by atomic mass is 9.90. The van der Waals surface area contributed by atoms with Crippen molar-refractivity contribution < 1.29 is 14.3 Å². The molecule has 142 valence electrons. The van der Waals surface area contributed by atoms with Gasteiger partial charge in [0.05, 0.1) is 5.56 Å². The molecule has 0 aromatic heterocycles. The second kappa shape index (κ2) is 8.91. The van der Waals surface area contributed by atoms with Crippen LogP contribution in [0.5, 0.6) is 5.75 Å². The predicted molar refractivity (Wildman–Crippen MR) is 105 cm³/mol. The lowest BCUT2D eigenvalue weighted by molar-refractivity contribution is -0.134. The number of ether oxygens (including phenoxy) is 1. The van der Waals surface area contributed by atoms with Gasteiger partial charge in [0.25, 0.3) is 11.8 Å². The van der Waals surface area contributed by atoms with Gasteiger partial charge < -0.3 is 15.4 Å². The Bertz CT molecular complexity index is 802. The molecule has 0 bridgehead atoms. The fraction of sp³-hybridized carbons (Fsp3) is 0.333. The van der Waals surface area contributed by atoms with E-state index in [0.717, 1.165) is 32.4 Å². The van der Waals surface area contributed by atoms with E-state index in [1.54, 1.807) is 12.1 Å². The van der Waals surface area contributed by atoms with E-state index in [1.807, 2.05) is 11.0 Å². The molecule has 0 saturated carbocycles. The summed E-state index contributed by atoms with van der Waals surface area (Å²) in [6, 6.07) is 15.0. The van der Waals surface area contributed by atoms with E-state index in [4.69, 9.17) is 22.1 Å². The standard InChI is InChI=1S/C21H23ClN2O3/c22-17-6-7-19(18(13-17)21(23)26)27-14-20(25)24-10-8-16(9-11-24)12-15-4-2-1-3-5-15/h1-7,13,16H,8-12,14H2,(H2,23,26). The number of carbonyl (C=O) groups is 2. The Balaban J connectivity index is 1.49. The molecule has 0 spiro atoms. The van der Waals surface area contributed by atoms with E-state index in [9.17, 15) is 9.59 Å². The van der Waals surface area contributed by atoms with Crippen molar-refractivity contribution in [1.82, 2.24) is 4.90 Å². The molecule has 1 aliphatic heterocycles. The van der Waals surface area contributed by atoms with Gasteiger partial charge in [0.15, 0.2) is 6.61 Å². The number of carbonyl (C=O) groups excluding carboxylic acids is 2. The van der Waals surface area contributed by atoms with Crippen LogP contribution in [0.1, 0.15) is 28.8 Å². The molecule has 2 aromatic carbocycles. The Morgan fingerprint density at radius 1 is 1.11 bits per heavy atom. The van der Waals surface area contributed by atoms with Crippen molar-refractivity contribution in [3.63, 3.8) is 0 Å². The first kappa shape index (κ1) is 19.2. The van der Waals surface area contributed by atoms with Crippen LogP contribution in [0.15, 0.2) is 48.5 Å². The van der Waals surface area contributed by atoms with Crippen LogP contribution in [-0.2, 0) is 11.2 Å². The monoisotopic (exact) mass is 386 g/mol. The maximum atomic E-state index is 12.4. The highest BCUT2D eigenvalue weighted by Crippen LogP contribution is 2.24. The lowest BCUT2D eigenvalue weighted by Gasteiger charge is -2.32. The van der Waals surface area contributed by atoms with Gasteiger partial charge in [0.2, 0.25) is 0 Å². The van der Waals surface area contributed by atoms with Gasteiger partial charge in [-0.2, -0.15) is 0 Å². The number of primary amides is 1. The van der Waals surface area contributed by atoms with E-state index >= 15 is 0 Å². The molecule has 5 nitrogen and oxygen atoms in total. The van der Waals surface area contributed by atoms with Crippen molar-refractivity contribution in [2.24, 2.45) is 11.7 Å². The molecule has 0 atom stereocenters. The summed E-state index contributed by atoms with van der Waals surface area (Å²) in [6.07, 6.45) is 3.01. The van der Waals surface area contributed by atoms with Gasteiger partial charge in [-0.05, 0) is 48.9 Å². The fourth-order valence-corrected chi connectivity index (χ4v) is 3.56. The topological polar surface area (TPSA) is 72.6 Å². The molecule has 27 heavy (non-hydrogen) atoms. The van der Waals surface area contributed by atoms with Crippen LogP contribution in [0.3, 0.4) is 0 Å². The first-order valence-electron chi connectivity index (χ1n) is 9.07. The number of benzene rings is 2. The Hall–Kier alpha value is -2.53. The second-order valence-electron chi connectivity index (χ2n) is 6.81. The van der Waals surface area contributed by atoms with Crippen molar-refractivity contribution >= 4 is 23.4 Å². The van der Waals surface area contributed by atoms with Crippen LogP contribution in [0.25, 0.3) is 0 Å². The largest absolute Gasteiger partial charge is 0.483 e. The van der Waals surface area contributed by atoms with Crippen molar-refractivity contribution in [2.45, 2.75) is 19.3 Å². The molecular formula is C21H23ClN2O3. The molecule has 1 saturated heterocycles. The van der Waals surface area contributed by atoms with E-state index in [1.165, 1.54) is 11.6 Å². The summed E-state index contributed by atoms with van der Waals surface area (Å²) in [6.45, 7) is 1.33. The fourth-order valence-electron chi connectivity index (χ4n) is 3.39. The summed E-state index contributed by atoms with van der Waals surface area (Å²) >= 11 is 5.88. The molecule has 3 rings (SSSR count). The van der Waals surface area contributed by atoms with E-state index in [0.29, 0.717) is 10.9 Å². The summed E-state index contributed by atoms with van der Waals surface area (Å²) in [5, 5.41) is 0.392. The summed E-state index contributed by atoms with van der Waals surface area (Å²) < 4.78 is 5.54. The second-order valence-corrected chi connectivity index (χ2v) is 7.24. The van der Waals surface area contributed by atoms with Gasteiger partial charge >= 0.3 is 0 Å². The van der Waals surface area contributed by atoms with E-state index in [2.05, 4.69) is 24.3 Å². The average molecular weight is 387 g/mol. The molecule has 2 aromatic rings. The molecule has 1 fully saturated rings. The van der Waals surface area contributed by atoms with Crippen molar-refractivity contribution in [3.05, 3.63) is 64.7 Å². The van der Waals surface area contributed by atoms with Crippen LogP contribution < -0.4 is 10.5 Å². The van der Waals surface area contributed by atoms with E-state index < -0.39 is 5.91 Å². The Kier molecular flexibility index (Phi) is 6.35. The SMILES string of the molecule is NC(=O)c1cc(Cl)ccc1OCC(=O)N1CCC(Cc2ccccc2)CC1. The smallest absolute Gasteiger partial charge is 0.260 e. The van der Waals surface area contributed by atoms with Gasteiger partial charge in [0.1, 0.15) is 5.75 Å². The third-order valence-corrected chi connectivity index (χ3v) is 5.13. The van der Waals surface area contributed by atoms with Crippen LogP contribution in [0, 0.1) is 5.92 Å². The zero-order valence-electron chi connectivity index (χ0n) is 15.1. The third-order valence-electron chi connectivity index (χ3n) is 4.89. The quantitative estimate of drug-likeness (QED) is 0.827. The maximum Gasteiger partial charge on any atom is 0.260 e. The predicted octanol–water partition coefficient (Wildman–Crippen LogP) is 3.30. The van der Waals surface area contributed by atoms with Crippen LogP contribution >= 0.6 is 11.6 Å². The normalized spacial score (nSPS) is 14.8. The molecule has 0 aliphatic carbocycles. The number of nitrogens with zero attached hydrogens (tertiary/aromatic N) is 1. The summed E-state index contributed by atoms with van der Waals surface area (Å²) in [5.41, 5.74) is 6.86. The third kappa shape index (κ3) is 5.23. The number of hydrogen-bond acceptors (Lipinski definition) is 3. The number of likely N-dealkylation sites (tertiary alicyclic amines) is 1. The Morgan fingerprint density at radius 3 is 2.48 bits per heavy atom. The maximum absolute atomic E-state index is 12.4. The number of rotatable bonds is 6. The molecule has 1 aliphatic rings. The average Bonchev–Trinajstić information content (AvgIpc) is 2.68. The van der Waals surface area contributed by atoms with Crippen LogP contribution in [0.4, 0.5) is 0 Å². The Morgan fingerprint density at radius 2 is 1.81 bits per heavy atom. The number of hydrogen-bond donors (Lipinski definition) is 1. The number of halogens is 1. The molecule has 1 heterocycles. The van der Waals surface area contributed by atoms with Gasteiger partial charge in [-0.25, -0.2) is 0 Å². The van der Waals surface area contributed by atoms with Gasteiger partial charge in [-0.3, -0.25) is 9.59 Å². The Labute approximate surface area is 164 Å². The number of nitrogens with two attached hydrogens (primary N) is 1. The highest BCUT2D eigenvalue weighted by molar-refractivity contribution is 6.31. The molecule has 6 heteroatoms. The number of piperidine rings is 1.